The molecule has 0 aromatic heterocycles. The molecule has 2 aromatic rings. The molecular formula is C27H33NO2. The number of carbonyl (C=O) groups excluding carboxylic acids is 1. The van der Waals surface area contributed by atoms with Crippen molar-refractivity contribution in [3.63, 3.8) is 0 Å². The molecule has 1 heterocycles. The van der Waals surface area contributed by atoms with Gasteiger partial charge in [0.1, 0.15) is 0 Å². The van der Waals surface area contributed by atoms with Crippen LogP contribution in [0.1, 0.15) is 60.8 Å². The van der Waals surface area contributed by atoms with Crippen molar-refractivity contribution in [2.75, 3.05) is 26.7 Å². The molecule has 2 aliphatic rings. The molecule has 1 aliphatic carbocycles. The third kappa shape index (κ3) is 4.84. The van der Waals surface area contributed by atoms with E-state index in [1.165, 1.54) is 34.9 Å². The largest absolute Gasteiger partial charge is 0.469 e. The predicted molar refractivity (Wildman–Crippen MR) is 122 cm³/mol. The summed E-state index contributed by atoms with van der Waals surface area (Å²) in [6, 6.07) is 18.0. The molecule has 1 fully saturated rings. The number of benzene rings is 2. The molecule has 3 nitrogen and oxygen atoms in total. The van der Waals surface area contributed by atoms with Crippen LogP contribution in [0.5, 0.6) is 0 Å². The minimum atomic E-state index is -0.0896. The normalized spacial score (nSPS) is 16.6. The molecule has 1 aliphatic heterocycles. The lowest BCUT2D eigenvalue weighted by Crippen LogP contribution is -2.32. The molecule has 0 bridgehead atoms. The van der Waals surface area contributed by atoms with Gasteiger partial charge in [0.15, 0.2) is 0 Å². The summed E-state index contributed by atoms with van der Waals surface area (Å²) in [5.74, 6) is -0.0896. The zero-order valence-corrected chi connectivity index (χ0v) is 18.2. The highest BCUT2D eigenvalue weighted by molar-refractivity contribution is 5.86. The maximum absolute atomic E-state index is 11.2. The zero-order chi connectivity index (χ0) is 20.8. The van der Waals surface area contributed by atoms with E-state index in [2.05, 4.69) is 53.4 Å². The Kier molecular flexibility index (Phi) is 7.01. The van der Waals surface area contributed by atoms with E-state index < -0.39 is 0 Å². The fourth-order valence-corrected chi connectivity index (χ4v) is 4.94. The standard InChI is InChI=1S/C27H33NO2/c1-30-26(29)13-3-2-8-18-28-19-16-23(17-20-28)27-24-11-6-4-9-21(24)14-15-22-10-5-7-12-25(22)27/h4-7,9-12H,2-3,8,13-20H2,1H3. The van der Waals surface area contributed by atoms with E-state index in [1.54, 1.807) is 5.57 Å². The molecule has 0 N–H and O–H groups in total. The summed E-state index contributed by atoms with van der Waals surface area (Å²) in [7, 11) is 1.47. The predicted octanol–water partition coefficient (Wildman–Crippen LogP) is 5.42. The Balaban J connectivity index is 1.44. The molecule has 0 amide bonds. The molecule has 30 heavy (non-hydrogen) atoms. The molecule has 0 unspecified atom stereocenters. The highest BCUT2D eigenvalue weighted by Gasteiger charge is 2.23. The van der Waals surface area contributed by atoms with Crippen molar-refractivity contribution in [3.8, 4) is 0 Å². The molecule has 4 rings (SSSR count). The highest BCUT2D eigenvalue weighted by Crippen LogP contribution is 2.38. The lowest BCUT2D eigenvalue weighted by atomic mass is 9.86. The number of likely N-dealkylation sites (tertiary alicyclic amines) is 1. The Morgan fingerprint density at radius 2 is 1.43 bits per heavy atom. The first-order valence-electron chi connectivity index (χ1n) is 11.4. The summed E-state index contributed by atoms with van der Waals surface area (Å²) >= 11 is 0. The summed E-state index contributed by atoms with van der Waals surface area (Å²) in [5.41, 5.74) is 9.02. The van der Waals surface area contributed by atoms with E-state index in [9.17, 15) is 4.79 Å². The minimum Gasteiger partial charge on any atom is -0.469 e. The van der Waals surface area contributed by atoms with Crippen LogP contribution in [-0.2, 0) is 22.4 Å². The number of hydrogen-bond acceptors (Lipinski definition) is 3. The van der Waals surface area contributed by atoms with Gasteiger partial charge in [-0.2, -0.15) is 0 Å². The van der Waals surface area contributed by atoms with Crippen LogP contribution >= 0.6 is 0 Å². The van der Waals surface area contributed by atoms with Gasteiger partial charge in [-0.1, -0.05) is 60.5 Å². The summed E-state index contributed by atoms with van der Waals surface area (Å²) in [6.45, 7) is 3.41. The van der Waals surface area contributed by atoms with Crippen LogP contribution in [0.2, 0.25) is 0 Å². The van der Waals surface area contributed by atoms with Crippen LogP contribution in [0.25, 0.3) is 5.57 Å². The fraction of sp³-hybridized carbons (Fsp3) is 0.444. The molecule has 3 heteroatoms. The van der Waals surface area contributed by atoms with E-state index in [0.29, 0.717) is 6.42 Å². The molecule has 1 saturated heterocycles. The van der Waals surface area contributed by atoms with Gasteiger partial charge in [0.25, 0.3) is 0 Å². The van der Waals surface area contributed by atoms with Crippen LogP contribution in [-0.4, -0.2) is 37.6 Å². The van der Waals surface area contributed by atoms with E-state index in [-0.39, 0.29) is 5.97 Å². The molecular weight excluding hydrogens is 370 g/mol. The van der Waals surface area contributed by atoms with Gasteiger partial charge in [0.2, 0.25) is 0 Å². The van der Waals surface area contributed by atoms with Gasteiger partial charge in [-0.25, -0.2) is 0 Å². The number of methoxy groups -OCH3 is 1. The molecule has 0 atom stereocenters. The van der Waals surface area contributed by atoms with Crippen molar-refractivity contribution >= 4 is 11.5 Å². The van der Waals surface area contributed by atoms with Crippen molar-refractivity contribution in [1.82, 2.24) is 4.90 Å². The number of unbranched alkanes of at least 4 members (excludes halogenated alkanes) is 2. The van der Waals surface area contributed by atoms with E-state index in [1.807, 2.05) is 0 Å². The first-order chi connectivity index (χ1) is 14.8. The number of nitrogens with zero attached hydrogens (tertiary/aromatic N) is 1. The minimum absolute atomic E-state index is 0.0896. The Hall–Kier alpha value is -2.39. The number of piperidine rings is 1. The smallest absolute Gasteiger partial charge is 0.305 e. The Morgan fingerprint density at radius 3 is 2.03 bits per heavy atom. The molecule has 0 spiro atoms. The van der Waals surface area contributed by atoms with E-state index in [0.717, 1.165) is 64.6 Å². The summed E-state index contributed by atoms with van der Waals surface area (Å²) in [6.07, 6.45) is 8.30. The fourth-order valence-electron chi connectivity index (χ4n) is 4.94. The first-order valence-corrected chi connectivity index (χ1v) is 11.4. The third-order valence-electron chi connectivity index (χ3n) is 6.63. The number of hydrogen-bond donors (Lipinski definition) is 0. The quantitative estimate of drug-likeness (QED) is 0.477. The molecule has 0 radical (unpaired) electrons. The van der Waals surface area contributed by atoms with E-state index >= 15 is 0 Å². The van der Waals surface area contributed by atoms with Gasteiger partial charge in [0.05, 0.1) is 7.11 Å². The van der Waals surface area contributed by atoms with Crippen molar-refractivity contribution in [1.29, 1.82) is 0 Å². The second-order valence-corrected chi connectivity index (χ2v) is 8.52. The lowest BCUT2D eigenvalue weighted by Gasteiger charge is -2.30. The maximum atomic E-state index is 11.2. The van der Waals surface area contributed by atoms with Gasteiger partial charge >= 0.3 is 5.97 Å². The van der Waals surface area contributed by atoms with Gasteiger partial charge in [-0.05, 0) is 72.9 Å². The highest BCUT2D eigenvalue weighted by atomic mass is 16.5. The Labute approximate surface area is 180 Å². The van der Waals surface area contributed by atoms with Crippen molar-refractivity contribution in [2.45, 2.75) is 51.4 Å². The number of ether oxygens (including phenoxy) is 1. The second-order valence-electron chi connectivity index (χ2n) is 8.52. The topological polar surface area (TPSA) is 29.5 Å². The monoisotopic (exact) mass is 403 g/mol. The van der Waals surface area contributed by atoms with E-state index in [4.69, 9.17) is 4.74 Å². The van der Waals surface area contributed by atoms with Crippen molar-refractivity contribution in [2.24, 2.45) is 0 Å². The Morgan fingerprint density at radius 1 is 0.833 bits per heavy atom. The Bertz CT molecular complexity index is 855. The molecule has 0 saturated carbocycles. The van der Waals surface area contributed by atoms with Gasteiger partial charge in [-0.15, -0.1) is 0 Å². The number of carbonyl (C=O) groups is 1. The number of esters is 1. The third-order valence-corrected chi connectivity index (χ3v) is 6.63. The van der Waals surface area contributed by atoms with Crippen molar-refractivity contribution < 1.29 is 9.53 Å². The van der Waals surface area contributed by atoms with Crippen LogP contribution in [0.4, 0.5) is 0 Å². The summed E-state index contributed by atoms with van der Waals surface area (Å²) in [4.78, 5) is 13.8. The van der Waals surface area contributed by atoms with Crippen LogP contribution in [0.15, 0.2) is 54.1 Å². The van der Waals surface area contributed by atoms with Crippen LogP contribution < -0.4 is 0 Å². The molecule has 2 aromatic carbocycles. The number of rotatable bonds is 6. The van der Waals surface area contributed by atoms with Gasteiger partial charge in [-0.3, -0.25) is 4.79 Å². The van der Waals surface area contributed by atoms with Crippen LogP contribution in [0.3, 0.4) is 0 Å². The van der Waals surface area contributed by atoms with Gasteiger partial charge < -0.3 is 9.64 Å². The first kappa shape index (κ1) is 20.9. The molecule has 158 valence electrons. The lowest BCUT2D eigenvalue weighted by molar-refractivity contribution is -0.140. The van der Waals surface area contributed by atoms with Crippen molar-refractivity contribution in [3.05, 3.63) is 76.4 Å². The van der Waals surface area contributed by atoms with Crippen LogP contribution in [0, 0.1) is 0 Å². The number of aryl methyl sites for hydroxylation is 2. The second kappa shape index (κ2) is 10.1. The summed E-state index contributed by atoms with van der Waals surface area (Å²) in [5, 5.41) is 0. The maximum Gasteiger partial charge on any atom is 0.305 e. The average Bonchev–Trinajstić information content (AvgIpc) is 2.96. The summed E-state index contributed by atoms with van der Waals surface area (Å²) < 4.78 is 4.72. The number of fused-ring (bicyclic) bond motifs is 2. The van der Waals surface area contributed by atoms with Gasteiger partial charge in [0, 0.05) is 19.5 Å². The zero-order valence-electron chi connectivity index (χ0n) is 18.2. The average molecular weight is 404 g/mol. The SMILES string of the molecule is COC(=O)CCCCCN1CCC(=C2c3ccccc3CCc3ccccc32)CC1.